The molecule has 9 heteroatoms. The summed E-state index contributed by atoms with van der Waals surface area (Å²) in [5, 5.41) is 0. The van der Waals surface area contributed by atoms with Crippen LogP contribution in [0.15, 0.2) is 30.6 Å². The Hall–Kier alpha value is -2.45. The van der Waals surface area contributed by atoms with E-state index in [9.17, 15) is 31.1 Å². The molecule has 1 aromatic carbocycles. The van der Waals surface area contributed by atoms with E-state index in [0.717, 1.165) is 25.1 Å². The minimum absolute atomic E-state index is 0.0854. The van der Waals surface area contributed by atoms with E-state index >= 15 is 0 Å². The summed E-state index contributed by atoms with van der Waals surface area (Å²) in [5.74, 6) is -3.92. The highest BCUT2D eigenvalue weighted by Gasteiger charge is 2.34. The first-order chi connectivity index (χ1) is 13.3. The van der Waals surface area contributed by atoms with E-state index in [1.807, 2.05) is 6.92 Å². The Bertz CT molecular complexity index is 876. The van der Waals surface area contributed by atoms with Gasteiger partial charge in [-0.2, -0.15) is 22.0 Å². The third-order valence-electron chi connectivity index (χ3n) is 4.79. The van der Waals surface area contributed by atoms with Crippen molar-refractivity contribution >= 4 is 5.78 Å². The molecule has 29 heavy (non-hydrogen) atoms. The normalized spacial score (nSPS) is 19.1. The monoisotopic (exact) mass is 418 g/mol. The Morgan fingerprint density at radius 3 is 2.07 bits per heavy atom. The Balaban J connectivity index is 0.000000212. The lowest BCUT2D eigenvalue weighted by molar-refractivity contribution is -0.137. The van der Waals surface area contributed by atoms with E-state index < -0.39 is 35.0 Å². The van der Waals surface area contributed by atoms with Crippen LogP contribution in [0.5, 0.6) is 0 Å². The standard InChI is InChI=1S/C12H12F4.C8H8F2N2O/c1-7-2-4-9(7)10-5-3-8(6-11(10)13)12(14,15)16;1-5(13)6-7(8(2,9)10)12-4-3-11-6/h3,5-7,9H,2,4H2,1H3;3-4H,1-2H3/t7-,9+;/m1./s1. The molecule has 1 saturated carbocycles. The van der Waals surface area contributed by atoms with E-state index in [1.54, 1.807) is 0 Å². The van der Waals surface area contributed by atoms with Crippen LogP contribution in [0.1, 0.15) is 66.8 Å². The number of nitrogens with zero attached hydrogens (tertiary/aromatic N) is 2. The van der Waals surface area contributed by atoms with Crippen LogP contribution in [0, 0.1) is 11.7 Å². The van der Waals surface area contributed by atoms with Gasteiger partial charge in [0, 0.05) is 26.2 Å². The number of Topliss-reactive ketones (excluding diaryl/α,β-unsaturated/α-hetero) is 1. The molecule has 0 N–H and O–H groups in total. The summed E-state index contributed by atoms with van der Waals surface area (Å²) < 4.78 is 76.1. The van der Waals surface area contributed by atoms with Crippen LogP contribution >= 0.6 is 0 Å². The lowest BCUT2D eigenvalue weighted by Gasteiger charge is -2.34. The summed E-state index contributed by atoms with van der Waals surface area (Å²) in [7, 11) is 0. The molecule has 0 unspecified atom stereocenters. The molecular formula is C20H20F6N2O. The second-order valence-corrected chi connectivity index (χ2v) is 7.09. The molecular weight excluding hydrogens is 398 g/mol. The molecule has 3 nitrogen and oxygen atoms in total. The maximum atomic E-state index is 13.5. The molecule has 0 aliphatic heterocycles. The van der Waals surface area contributed by atoms with Crippen LogP contribution in [0.3, 0.4) is 0 Å². The molecule has 0 radical (unpaired) electrons. The first-order valence-corrected chi connectivity index (χ1v) is 8.89. The summed E-state index contributed by atoms with van der Waals surface area (Å²) in [4.78, 5) is 17.9. The van der Waals surface area contributed by atoms with E-state index in [4.69, 9.17) is 0 Å². The first-order valence-electron chi connectivity index (χ1n) is 8.89. The van der Waals surface area contributed by atoms with Gasteiger partial charge in [-0.05, 0) is 42.4 Å². The van der Waals surface area contributed by atoms with Crippen molar-refractivity contribution in [3.63, 3.8) is 0 Å². The highest BCUT2D eigenvalue weighted by atomic mass is 19.4. The van der Waals surface area contributed by atoms with Gasteiger partial charge in [0.1, 0.15) is 17.2 Å². The minimum Gasteiger partial charge on any atom is -0.293 e. The van der Waals surface area contributed by atoms with E-state index in [0.29, 0.717) is 24.5 Å². The quantitative estimate of drug-likeness (QED) is 0.444. The second kappa shape index (κ2) is 8.51. The molecule has 1 fully saturated rings. The maximum absolute atomic E-state index is 13.5. The maximum Gasteiger partial charge on any atom is 0.416 e. The van der Waals surface area contributed by atoms with Crippen molar-refractivity contribution in [2.75, 3.05) is 0 Å². The van der Waals surface area contributed by atoms with Crippen LogP contribution in [-0.4, -0.2) is 15.8 Å². The topological polar surface area (TPSA) is 42.9 Å². The van der Waals surface area contributed by atoms with Crippen molar-refractivity contribution < 1.29 is 31.1 Å². The summed E-state index contributed by atoms with van der Waals surface area (Å²) >= 11 is 0. The Kier molecular flexibility index (Phi) is 6.70. The summed E-state index contributed by atoms with van der Waals surface area (Å²) in [6, 6.07) is 2.84. The van der Waals surface area contributed by atoms with Gasteiger partial charge < -0.3 is 0 Å². The predicted molar refractivity (Wildman–Crippen MR) is 94.1 cm³/mol. The molecule has 0 amide bonds. The summed E-state index contributed by atoms with van der Waals surface area (Å²) in [5.41, 5.74) is -1.33. The molecule has 1 aliphatic carbocycles. The zero-order chi connectivity index (χ0) is 22.0. The van der Waals surface area contributed by atoms with Crippen LogP contribution in [-0.2, 0) is 12.1 Å². The van der Waals surface area contributed by atoms with Gasteiger partial charge >= 0.3 is 6.18 Å². The third kappa shape index (κ3) is 5.55. The number of alkyl halides is 5. The fraction of sp³-hybridized carbons (Fsp3) is 0.450. The summed E-state index contributed by atoms with van der Waals surface area (Å²) in [6.45, 7) is 3.86. The fourth-order valence-electron chi connectivity index (χ4n) is 3.05. The number of rotatable bonds is 3. The molecule has 2 atom stereocenters. The highest BCUT2D eigenvalue weighted by molar-refractivity contribution is 5.93. The largest absolute Gasteiger partial charge is 0.416 e. The van der Waals surface area contributed by atoms with E-state index in [-0.39, 0.29) is 11.6 Å². The summed E-state index contributed by atoms with van der Waals surface area (Å²) in [6.07, 6.45) is -0.232. The van der Waals surface area contributed by atoms with Gasteiger partial charge in [0.2, 0.25) is 0 Å². The molecule has 2 aromatic rings. The number of benzene rings is 1. The molecule has 0 bridgehead atoms. The van der Waals surface area contributed by atoms with Crippen molar-refractivity contribution in [1.82, 2.24) is 9.97 Å². The fourth-order valence-corrected chi connectivity index (χ4v) is 3.05. The van der Waals surface area contributed by atoms with Gasteiger partial charge in [0.15, 0.2) is 5.78 Å². The number of hydrogen-bond acceptors (Lipinski definition) is 3. The Morgan fingerprint density at radius 2 is 1.69 bits per heavy atom. The van der Waals surface area contributed by atoms with Crippen molar-refractivity contribution in [3.8, 4) is 0 Å². The van der Waals surface area contributed by atoms with Gasteiger partial charge in [0.05, 0.1) is 5.56 Å². The minimum atomic E-state index is -4.47. The molecule has 158 valence electrons. The number of carbonyl (C=O) groups excluding carboxylic acids is 1. The Morgan fingerprint density at radius 1 is 1.07 bits per heavy atom. The van der Waals surface area contributed by atoms with Crippen LogP contribution in [0.2, 0.25) is 0 Å². The van der Waals surface area contributed by atoms with Gasteiger partial charge in [0.25, 0.3) is 5.92 Å². The molecule has 3 rings (SSSR count). The first kappa shape index (κ1) is 22.8. The van der Waals surface area contributed by atoms with E-state index in [2.05, 4.69) is 9.97 Å². The van der Waals surface area contributed by atoms with Gasteiger partial charge in [-0.25, -0.2) is 9.37 Å². The zero-order valence-corrected chi connectivity index (χ0v) is 16.0. The Labute approximate surface area is 164 Å². The molecule has 0 saturated heterocycles. The highest BCUT2D eigenvalue weighted by Crippen LogP contribution is 2.43. The van der Waals surface area contributed by atoms with Gasteiger partial charge in [-0.15, -0.1) is 0 Å². The number of halogens is 6. The molecule has 1 aromatic heterocycles. The van der Waals surface area contributed by atoms with Crippen LogP contribution in [0.4, 0.5) is 26.3 Å². The number of hydrogen-bond donors (Lipinski definition) is 0. The molecule has 1 heterocycles. The van der Waals surface area contributed by atoms with Crippen molar-refractivity contribution in [1.29, 1.82) is 0 Å². The van der Waals surface area contributed by atoms with Crippen LogP contribution < -0.4 is 0 Å². The van der Waals surface area contributed by atoms with Crippen molar-refractivity contribution in [2.45, 2.75) is 51.6 Å². The molecule has 0 spiro atoms. The molecule has 1 aliphatic rings. The number of ketones is 1. The number of carbonyl (C=O) groups is 1. The van der Waals surface area contributed by atoms with Gasteiger partial charge in [-0.1, -0.05) is 13.0 Å². The van der Waals surface area contributed by atoms with Crippen LogP contribution in [0.25, 0.3) is 0 Å². The lowest BCUT2D eigenvalue weighted by atomic mass is 9.71. The van der Waals surface area contributed by atoms with Crippen molar-refractivity contribution in [3.05, 3.63) is 58.9 Å². The average molecular weight is 418 g/mol. The SMILES string of the molecule is CC(=O)c1nccnc1C(C)(F)F.C[C@@H]1CC[C@@H]1c1ccc(C(F)(F)F)cc1F. The zero-order valence-electron chi connectivity index (χ0n) is 16.0. The van der Waals surface area contributed by atoms with Gasteiger partial charge in [-0.3, -0.25) is 9.78 Å². The third-order valence-corrected chi connectivity index (χ3v) is 4.79. The lowest BCUT2D eigenvalue weighted by Crippen LogP contribution is -2.22. The van der Waals surface area contributed by atoms with E-state index in [1.165, 1.54) is 19.2 Å². The second-order valence-electron chi connectivity index (χ2n) is 7.09. The number of aromatic nitrogens is 2. The predicted octanol–water partition coefficient (Wildman–Crippen LogP) is 6.15. The van der Waals surface area contributed by atoms with Crippen molar-refractivity contribution in [2.24, 2.45) is 5.92 Å². The average Bonchev–Trinajstić information content (AvgIpc) is 2.61. The smallest absolute Gasteiger partial charge is 0.293 e.